The van der Waals surface area contributed by atoms with E-state index in [1.807, 2.05) is 31.2 Å². The van der Waals surface area contributed by atoms with Crippen LogP contribution in [0.2, 0.25) is 0 Å². The molecule has 0 radical (unpaired) electrons. The molecule has 1 aliphatic rings. The Hall–Kier alpha value is -4.09. The Morgan fingerprint density at radius 3 is 2.74 bits per heavy atom. The van der Waals surface area contributed by atoms with Crippen molar-refractivity contribution in [2.24, 2.45) is 5.92 Å². The molecule has 4 rings (SSSR count). The van der Waals surface area contributed by atoms with Crippen molar-refractivity contribution >= 4 is 37.4 Å². The Labute approximate surface area is 241 Å². The summed E-state index contributed by atoms with van der Waals surface area (Å²) in [5.74, 6) is -0.817. The fourth-order valence-corrected chi connectivity index (χ4v) is 5.12. The minimum atomic E-state index is -3.09. The normalized spacial score (nSPS) is 20.7. The smallest absolute Gasteiger partial charge is 0.407 e. The third-order valence-corrected chi connectivity index (χ3v) is 7.28. The van der Waals surface area contributed by atoms with E-state index in [0.29, 0.717) is 6.42 Å². The zero-order valence-electron chi connectivity index (χ0n) is 23.2. The summed E-state index contributed by atoms with van der Waals surface area (Å²) in [4.78, 5) is 49.0. The number of rotatable bonds is 12. The number of imidazole rings is 1. The molecule has 0 spiro atoms. The topological polar surface area (TPSA) is 200 Å². The van der Waals surface area contributed by atoms with Crippen LogP contribution in [-0.4, -0.2) is 56.4 Å². The number of carbonyl (C=O) groups is 2. The van der Waals surface area contributed by atoms with Gasteiger partial charge in [-0.3, -0.25) is 29.0 Å². The van der Waals surface area contributed by atoms with Crippen LogP contribution in [0, 0.1) is 17.2 Å². The van der Waals surface area contributed by atoms with Gasteiger partial charge in [0.1, 0.15) is 18.8 Å². The molecular weight excluding hydrogens is 569 g/mol. The number of hydrogen-bond donors (Lipinski definition) is 3. The van der Waals surface area contributed by atoms with E-state index in [1.54, 1.807) is 26.0 Å². The average molecular weight is 602 g/mol. The number of benzene rings is 1. The fraction of sp³-hybridized carbons (Fsp3) is 0.462. The molecular formula is C26H32N7O8P. The van der Waals surface area contributed by atoms with E-state index in [0.717, 1.165) is 5.56 Å². The van der Waals surface area contributed by atoms with Crippen molar-refractivity contribution in [2.45, 2.75) is 64.7 Å². The molecule has 1 unspecified atom stereocenters. The first-order valence-corrected chi connectivity index (χ1v) is 14.5. The van der Waals surface area contributed by atoms with Gasteiger partial charge >= 0.3 is 14.3 Å². The van der Waals surface area contributed by atoms with Crippen molar-refractivity contribution in [1.82, 2.24) is 24.8 Å². The number of hydrogen-bond acceptors (Lipinski definition) is 11. The summed E-state index contributed by atoms with van der Waals surface area (Å²) in [6.07, 6.45) is -1.76. The molecule has 42 heavy (non-hydrogen) atoms. The quantitative estimate of drug-likeness (QED) is 0.204. The Morgan fingerprint density at radius 2 is 2.05 bits per heavy atom. The first-order valence-electron chi connectivity index (χ1n) is 13.3. The highest BCUT2D eigenvalue weighted by atomic mass is 31.1. The molecule has 0 aliphatic carbocycles. The molecule has 1 saturated heterocycles. The Morgan fingerprint density at radius 1 is 1.29 bits per heavy atom. The van der Waals surface area contributed by atoms with Crippen LogP contribution in [0.3, 0.4) is 0 Å². The molecule has 0 bridgehead atoms. The van der Waals surface area contributed by atoms with E-state index >= 15 is 0 Å². The summed E-state index contributed by atoms with van der Waals surface area (Å²) < 4.78 is 36.6. The molecule has 2 aromatic heterocycles. The van der Waals surface area contributed by atoms with E-state index < -0.39 is 44.4 Å². The van der Waals surface area contributed by atoms with Gasteiger partial charge in [-0.15, -0.1) is 0 Å². The van der Waals surface area contributed by atoms with E-state index in [9.17, 15) is 18.9 Å². The van der Waals surface area contributed by atoms with Crippen molar-refractivity contribution < 1.29 is 32.7 Å². The van der Waals surface area contributed by atoms with Crippen LogP contribution < -0.4 is 16.2 Å². The van der Waals surface area contributed by atoms with E-state index in [-0.39, 0.29) is 48.6 Å². The van der Waals surface area contributed by atoms with Crippen LogP contribution in [0.4, 0.5) is 10.7 Å². The number of carbonyl (C=O) groups excluding carboxylic acids is 2. The molecule has 1 aromatic carbocycles. The number of nitrogens with one attached hydrogen (secondary N) is 3. The third kappa shape index (κ3) is 7.40. The summed E-state index contributed by atoms with van der Waals surface area (Å²) >= 11 is 0. The third-order valence-electron chi connectivity index (χ3n) is 6.38. The number of amides is 2. The zero-order valence-corrected chi connectivity index (χ0v) is 24.2. The lowest BCUT2D eigenvalue weighted by molar-refractivity contribution is -0.118. The van der Waals surface area contributed by atoms with Crippen molar-refractivity contribution in [3.05, 3.63) is 52.6 Å². The average Bonchev–Trinajstić information content (AvgIpc) is 3.54. The number of aromatic nitrogens is 4. The predicted molar refractivity (Wildman–Crippen MR) is 149 cm³/mol. The number of ether oxygens (including phenoxy) is 2. The second-order valence-electron chi connectivity index (χ2n) is 9.68. The Kier molecular flexibility index (Phi) is 10.4. The molecule has 1 fully saturated rings. The van der Waals surface area contributed by atoms with E-state index in [1.165, 1.54) is 10.9 Å². The van der Waals surface area contributed by atoms with Crippen LogP contribution in [-0.2, 0) is 34.5 Å². The first kappa shape index (κ1) is 30.9. The van der Waals surface area contributed by atoms with Crippen LogP contribution in [0.25, 0.3) is 11.2 Å². The highest BCUT2D eigenvalue weighted by molar-refractivity contribution is 7.33. The number of alkyl carbamates (subject to hydrolysis) is 1. The van der Waals surface area contributed by atoms with Gasteiger partial charge in [0.25, 0.3) is 5.56 Å². The van der Waals surface area contributed by atoms with Gasteiger partial charge in [-0.1, -0.05) is 51.1 Å². The van der Waals surface area contributed by atoms with Crippen molar-refractivity contribution in [3.8, 4) is 6.07 Å². The standard InChI is InChI=1S/C26H32N7O8P/c1-4-17-20(41-42(37)39-12-8-11-27)18(29-26(36)38-13-16-9-6-5-7-10-16)24(40-17)33-14-28-19-21(33)30-25(32-23(19)35)31-22(34)15(2)3/h5-7,9-10,14-15,17-18,20,24,42H,4,8,12-13H2,1-3H3,(H,29,36)(H2,30,31,32,34,35)/t17-,18-,20-,24-/m1/s1. The first-order chi connectivity index (χ1) is 20.2. The molecule has 3 N–H and O–H groups in total. The highest BCUT2D eigenvalue weighted by Crippen LogP contribution is 2.39. The summed E-state index contributed by atoms with van der Waals surface area (Å²) in [5.41, 5.74) is 0.207. The number of nitriles is 1. The predicted octanol–water partition coefficient (Wildman–Crippen LogP) is 3.02. The van der Waals surface area contributed by atoms with Gasteiger partial charge in [0.05, 0.1) is 31.5 Å². The molecule has 15 nitrogen and oxygen atoms in total. The van der Waals surface area contributed by atoms with Gasteiger partial charge in [-0.25, -0.2) is 9.78 Å². The van der Waals surface area contributed by atoms with Gasteiger partial charge in [0.15, 0.2) is 17.4 Å². The van der Waals surface area contributed by atoms with Crippen molar-refractivity contribution in [3.63, 3.8) is 0 Å². The molecule has 3 heterocycles. The van der Waals surface area contributed by atoms with Gasteiger partial charge < -0.3 is 23.8 Å². The molecule has 1 aliphatic heterocycles. The lowest BCUT2D eigenvalue weighted by Gasteiger charge is -2.25. The van der Waals surface area contributed by atoms with Gasteiger partial charge in [0.2, 0.25) is 11.9 Å². The lowest BCUT2D eigenvalue weighted by atomic mass is 10.1. The molecule has 5 atom stereocenters. The zero-order chi connectivity index (χ0) is 30.2. The maximum atomic E-state index is 13.0. The van der Waals surface area contributed by atoms with Crippen molar-refractivity contribution in [1.29, 1.82) is 5.26 Å². The van der Waals surface area contributed by atoms with Gasteiger partial charge in [0, 0.05) is 5.92 Å². The number of fused-ring (bicyclic) bond motifs is 1. The molecule has 3 aromatic rings. The Bertz CT molecular complexity index is 1520. The highest BCUT2D eigenvalue weighted by Gasteiger charge is 2.48. The fourth-order valence-electron chi connectivity index (χ4n) is 4.26. The van der Waals surface area contributed by atoms with E-state index in [2.05, 4.69) is 25.6 Å². The molecule has 224 valence electrons. The summed E-state index contributed by atoms with van der Waals surface area (Å²) in [6, 6.07) is 9.96. The summed E-state index contributed by atoms with van der Waals surface area (Å²) in [5, 5.41) is 14.1. The summed E-state index contributed by atoms with van der Waals surface area (Å²) in [6.45, 7) is 5.10. The second kappa shape index (κ2) is 14.2. The van der Waals surface area contributed by atoms with Crippen molar-refractivity contribution in [2.75, 3.05) is 11.9 Å². The van der Waals surface area contributed by atoms with Gasteiger partial charge in [-0.2, -0.15) is 10.2 Å². The monoisotopic (exact) mass is 601 g/mol. The maximum absolute atomic E-state index is 13.0. The molecule has 0 saturated carbocycles. The second-order valence-corrected chi connectivity index (χ2v) is 10.7. The van der Waals surface area contributed by atoms with Crippen LogP contribution in [0.1, 0.15) is 45.4 Å². The van der Waals surface area contributed by atoms with Crippen LogP contribution in [0.15, 0.2) is 41.5 Å². The lowest BCUT2D eigenvalue weighted by Crippen LogP contribution is -2.47. The minimum absolute atomic E-state index is 0.00857. The SMILES string of the molecule is CC[C@H]1O[C@@H](n2cnc3c(=O)[nH]c(NC(=O)C(C)C)nc32)[C@H](NC(=O)OCc2ccccc2)[C@@H]1O[PH](=O)OCCC#N. The van der Waals surface area contributed by atoms with E-state index in [4.69, 9.17) is 23.8 Å². The number of anilines is 1. The Balaban J connectivity index is 1.65. The summed E-state index contributed by atoms with van der Waals surface area (Å²) in [7, 11) is -3.09. The van der Waals surface area contributed by atoms with Crippen LogP contribution in [0.5, 0.6) is 0 Å². The molecule has 16 heteroatoms. The largest absolute Gasteiger partial charge is 0.445 e. The number of H-pyrrole nitrogens is 1. The number of aromatic amines is 1. The minimum Gasteiger partial charge on any atom is -0.445 e. The maximum Gasteiger partial charge on any atom is 0.407 e. The van der Waals surface area contributed by atoms with Crippen LogP contribution >= 0.6 is 8.25 Å². The van der Waals surface area contributed by atoms with Gasteiger partial charge in [-0.05, 0) is 12.0 Å². The molecule has 2 amide bonds. The number of nitrogens with zero attached hydrogens (tertiary/aromatic N) is 4.